The van der Waals surface area contributed by atoms with Gasteiger partial charge in [0.05, 0.1) is 12.2 Å². The highest BCUT2D eigenvalue weighted by Crippen LogP contribution is 2.47. The van der Waals surface area contributed by atoms with E-state index in [2.05, 4.69) is 0 Å². The van der Waals surface area contributed by atoms with Crippen molar-refractivity contribution >= 4 is 28.8 Å². The Bertz CT molecular complexity index is 991. The van der Waals surface area contributed by atoms with Crippen molar-refractivity contribution in [2.45, 2.75) is 18.7 Å². The van der Waals surface area contributed by atoms with Crippen LogP contribution in [0.5, 0.6) is 0 Å². The summed E-state index contributed by atoms with van der Waals surface area (Å²) in [5.41, 5.74) is 1.77. The maximum atomic E-state index is 13.3. The van der Waals surface area contributed by atoms with Gasteiger partial charge in [0.25, 0.3) is 5.91 Å². The zero-order valence-corrected chi connectivity index (χ0v) is 15.8. The maximum Gasteiger partial charge on any atom is 0.262 e. The Kier molecular flexibility index (Phi) is 4.22. The molecule has 0 spiro atoms. The van der Waals surface area contributed by atoms with Crippen molar-refractivity contribution in [1.29, 1.82) is 0 Å². The second-order valence-corrected chi connectivity index (χ2v) is 7.90. The lowest BCUT2D eigenvalue weighted by Crippen LogP contribution is -2.36. The van der Waals surface area contributed by atoms with Gasteiger partial charge in [-0.1, -0.05) is 54.6 Å². The van der Waals surface area contributed by atoms with Gasteiger partial charge in [0, 0.05) is 4.88 Å². The van der Waals surface area contributed by atoms with Crippen molar-refractivity contribution in [2.24, 2.45) is 5.92 Å². The molecule has 3 atom stereocenters. The van der Waals surface area contributed by atoms with Crippen LogP contribution < -0.4 is 5.06 Å². The molecule has 140 valence electrons. The quantitative estimate of drug-likeness (QED) is 0.636. The summed E-state index contributed by atoms with van der Waals surface area (Å²) in [6.07, 6.45) is -0.788. The maximum absolute atomic E-state index is 13.3. The Morgan fingerprint density at radius 3 is 2.25 bits per heavy atom. The summed E-state index contributed by atoms with van der Waals surface area (Å²) < 4.78 is 0. The molecule has 0 saturated carbocycles. The molecule has 1 aromatic heterocycles. The molecule has 6 heteroatoms. The van der Waals surface area contributed by atoms with E-state index in [1.807, 2.05) is 78.2 Å². The minimum absolute atomic E-state index is 0.171. The zero-order chi connectivity index (χ0) is 19.1. The van der Waals surface area contributed by atoms with E-state index in [9.17, 15) is 9.59 Å². The Morgan fingerprint density at radius 2 is 1.57 bits per heavy atom. The molecule has 3 heterocycles. The fourth-order valence-electron chi connectivity index (χ4n) is 3.94. The van der Waals surface area contributed by atoms with Crippen LogP contribution in [0.25, 0.3) is 0 Å². The lowest BCUT2D eigenvalue weighted by Gasteiger charge is -2.27. The molecule has 0 N–H and O–H groups in total. The van der Waals surface area contributed by atoms with Gasteiger partial charge in [0.2, 0.25) is 5.91 Å². The summed E-state index contributed by atoms with van der Waals surface area (Å²) >= 11 is 1.57. The van der Waals surface area contributed by atoms with Crippen LogP contribution >= 0.6 is 11.3 Å². The summed E-state index contributed by atoms with van der Waals surface area (Å²) in [5.74, 6) is -0.982. The van der Waals surface area contributed by atoms with Crippen LogP contribution in [0.4, 0.5) is 5.69 Å². The monoisotopic (exact) mass is 390 g/mol. The van der Waals surface area contributed by atoms with Gasteiger partial charge >= 0.3 is 0 Å². The first-order chi connectivity index (χ1) is 13.7. The molecule has 2 aromatic carbocycles. The summed E-state index contributed by atoms with van der Waals surface area (Å²) in [5, 5.41) is 3.71. The standard InChI is InChI=1S/C22H18N2O3S/c25-21-18-19(17-12-7-13-28-17)24(16-10-5-2-6-11-16)27-20(18)22(26)23(21)14-15-8-3-1-4-9-15/h1-13,18-20H,14H2/t18-,19-,20-/m1/s1. The fourth-order valence-corrected chi connectivity index (χ4v) is 4.79. The number of thiophene rings is 1. The van der Waals surface area contributed by atoms with E-state index < -0.39 is 12.0 Å². The third-order valence-electron chi connectivity index (χ3n) is 5.24. The highest BCUT2D eigenvalue weighted by Gasteiger charge is 2.60. The lowest BCUT2D eigenvalue weighted by molar-refractivity contribution is -0.143. The summed E-state index contributed by atoms with van der Waals surface area (Å²) in [6.45, 7) is 0.275. The van der Waals surface area contributed by atoms with E-state index in [0.717, 1.165) is 16.1 Å². The van der Waals surface area contributed by atoms with E-state index in [0.29, 0.717) is 0 Å². The minimum Gasteiger partial charge on any atom is -0.275 e. The van der Waals surface area contributed by atoms with Crippen LogP contribution in [-0.4, -0.2) is 22.8 Å². The number of carbonyl (C=O) groups excluding carboxylic acids is 2. The highest BCUT2D eigenvalue weighted by atomic mass is 32.1. The van der Waals surface area contributed by atoms with Gasteiger partial charge in [-0.05, 0) is 29.1 Å². The van der Waals surface area contributed by atoms with Crippen molar-refractivity contribution in [1.82, 2.24) is 4.90 Å². The molecule has 2 fully saturated rings. The number of fused-ring (bicyclic) bond motifs is 1. The predicted octanol–water partition coefficient (Wildman–Crippen LogP) is 3.79. The number of para-hydroxylation sites is 1. The summed E-state index contributed by atoms with van der Waals surface area (Å²) in [6, 6.07) is 22.8. The number of carbonyl (C=O) groups is 2. The van der Waals surface area contributed by atoms with Crippen LogP contribution in [-0.2, 0) is 21.0 Å². The van der Waals surface area contributed by atoms with E-state index in [-0.39, 0.29) is 24.4 Å². The lowest BCUT2D eigenvalue weighted by atomic mass is 9.95. The molecule has 2 aliphatic heterocycles. The average molecular weight is 390 g/mol. The number of rotatable bonds is 4. The molecular formula is C22H18N2O3S. The topological polar surface area (TPSA) is 49.9 Å². The molecule has 5 rings (SSSR count). The van der Waals surface area contributed by atoms with Crippen LogP contribution in [0.1, 0.15) is 16.5 Å². The molecule has 2 saturated heterocycles. The SMILES string of the molecule is O=C1[C@@H]2[C@@H](c3cccs3)N(c3ccccc3)O[C@H]2C(=O)N1Cc1ccccc1. The summed E-state index contributed by atoms with van der Waals surface area (Å²) in [7, 11) is 0. The fraction of sp³-hybridized carbons (Fsp3) is 0.182. The Labute approximate surface area is 166 Å². The Hall–Kier alpha value is -2.96. The van der Waals surface area contributed by atoms with Crippen LogP contribution in [0.2, 0.25) is 0 Å². The number of imide groups is 1. The first kappa shape index (κ1) is 17.2. The first-order valence-corrected chi connectivity index (χ1v) is 10.1. The van der Waals surface area contributed by atoms with Gasteiger partial charge in [-0.15, -0.1) is 11.3 Å². The van der Waals surface area contributed by atoms with Gasteiger partial charge in [-0.2, -0.15) is 0 Å². The second-order valence-electron chi connectivity index (χ2n) is 6.92. The van der Waals surface area contributed by atoms with E-state index in [1.165, 1.54) is 4.90 Å². The molecule has 0 unspecified atom stereocenters. The van der Waals surface area contributed by atoms with Crippen molar-refractivity contribution < 1.29 is 14.4 Å². The number of nitrogens with zero attached hydrogens (tertiary/aromatic N) is 2. The molecule has 28 heavy (non-hydrogen) atoms. The molecule has 2 amide bonds. The largest absolute Gasteiger partial charge is 0.275 e. The van der Waals surface area contributed by atoms with E-state index in [4.69, 9.17) is 4.84 Å². The number of anilines is 1. The van der Waals surface area contributed by atoms with Crippen molar-refractivity contribution in [3.8, 4) is 0 Å². The van der Waals surface area contributed by atoms with Crippen molar-refractivity contribution in [3.05, 3.63) is 88.6 Å². The number of hydrogen-bond donors (Lipinski definition) is 0. The molecule has 0 bridgehead atoms. The molecule has 5 nitrogen and oxygen atoms in total. The van der Waals surface area contributed by atoms with Crippen molar-refractivity contribution in [2.75, 3.05) is 5.06 Å². The third-order valence-corrected chi connectivity index (χ3v) is 6.18. The van der Waals surface area contributed by atoms with Crippen LogP contribution in [0.15, 0.2) is 78.2 Å². The molecule has 2 aliphatic rings. The number of hydroxylamine groups is 1. The predicted molar refractivity (Wildman–Crippen MR) is 106 cm³/mol. The molecule has 3 aromatic rings. The molecule has 0 radical (unpaired) electrons. The van der Waals surface area contributed by atoms with Crippen LogP contribution in [0.3, 0.4) is 0 Å². The second kappa shape index (κ2) is 6.89. The highest BCUT2D eigenvalue weighted by molar-refractivity contribution is 7.10. The number of amides is 2. The first-order valence-electron chi connectivity index (χ1n) is 9.17. The van der Waals surface area contributed by atoms with Gasteiger partial charge < -0.3 is 0 Å². The Morgan fingerprint density at radius 1 is 0.857 bits per heavy atom. The zero-order valence-electron chi connectivity index (χ0n) is 15.0. The number of hydrogen-bond acceptors (Lipinski definition) is 5. The Balaban J connectivity index is 1.50. The van der Waals surface area contributed by atoms with Crippen molar-refractivity contribution in [3.63, 3.8) is 0 Å². The van der Waals surface area contributed by atoms with Crippen LogP contribution in [0, 0.1) is 5.92 Å². The van der Waals surface area contributed by atoms with Gasteiger partial charge in [0.1, 0.15) is 12.0 Å². The van der Waals surface area contributed by atoms with E-state index >= 15 is 0 Å². The number of likely N-dealkylation sites (tertiary alicyclic amines) is 1. The van der Waals surface area contributed by atoms with Gasteiger partial charge in [0.15, 0.2) is 6.10 Å². The smallest absolute Gasteiger partial charge is 0.262 e. The normalized spacial score (nSPS) is 24.1. The van der Waals surface area contributed by atoms with Gasteiger partial charge in [-0.3, -0.25) is 19.3 Å². The number of benzene rings is 2. The average Bonchev–Trinajstić information content (AvgIpc) is 3.44. The minimum atomic E-state index is -0.788. The third kappa shape index (κ3) is 2.73. The molecular weight excluding hydrogens is 372 g/mol. The summed E-state index contributed by atoms with van der Waals surface area (Å²) in [4.78, 5) is 34.8. The van der Waals surface area contributed by atoms with E-state index in [1.54, 1.807) is 16.4 Å². The molecule has 0 aliphatic carbocycles. The van der Waals surface area contributed by atoms with Gasteiger partial charge in [-0.25, -0.2) is 5.06 Å².